The first-order chi connectivity index (χ1) is 10.8. The van der Waals surface area contributed by atoms with E-state index < -0.39 is 0 Å². The summed E-state index contributed by atoms with van der Waals surface area (Å²) in [4.78, 5) is 17.4. The van der Waals surface area contributed by atoms with Gasteiger partial charge in [0, 0.05) is 23.3 Å². The van der Waals surface area contributed by atoms with Gasteiger partial charge in [0.05, 0.1) is 6.04 Å². The molecule has 0 bridgehead atoms. The first kappa shape index (κ1) is 16.0. The number of amides is 1. The molecule has 0 spiro atoms. The molecular formula is C18H28N2OS. The van der Waals surface area contributed by atoms with Crippen LogP contribution in [0.15, 0.2) is 12.1 Å². The van der Waals surface area contributed by atoms with Gasteiger partial charge >= 0.3 is 0 Å². The molecule has 2 heterocycles. The van der Waals surface area contributed by atoms with Crippen molar-refractivity contribution in [3.63, 3.8) is 0 Å². The number of carbonyl (C=O) groups excluding carboxylic acids is 1. The average Bonchev–Trinajstić information content (AvgIpc) is 3.04. The molecular weight excluding hydrogens is 292 g/mol. The summed E-state index contributed by atoms with van der Waals surface area (Å²) in [6.45, 7) is 1.99. The van der Waals surface area contributed by atoms with Gasteiger partial charge in [-0.05, 0) is 50.3 Å². The van der Waals surface area contributed by atoms with Crippen molar-refractivity contribution < 1.29 is 4.79 Å². The van der Waals surface area contributed by atoms with Crippen LogP contribution in [0.25, 0.3) is 0 Å². The molecule has 1 N–H and O–H groups in total. The molecule has 1 saturated carbocycles. The highest BCUT2D eigenvalue weighted by molar-refractivity contribution is 7.12. The summed E-state index contributed by atoms with van der Waals surface area (Å²) in [6.07, 6.45) is 10.3. The molecule has 2 fully saturated rings. The van der Waals surface area contributed by atoms with E-state index in [1.54, 1.807) is 11.9 Å². The summed E-state index contributed by atoms with van der Waals surface area (Å²) in [5.41, 5.74) is 0. The van der Waals surface area contributed by atoms with Crippen LogP contribution in [0, 0.1) is 0 Å². The number of nitrogens with zero attached hydrogens (tertiary/aromatic N) is 1. The van der Waals surface area contributed by atoms with Crippen molar-refractivity contribution in [2.75, 3.05) is 13.6 Å². The Morgan fingerprint density at radius 3 is 2.73 bits per heavy atom. The third kappa shape index (κ3) is 3.72. The molecule has 1 aliphatic carbocycles. The Hall–Kier alpha value is -0.870. The van der Waals surface area contributed by atoms with E-state index in [0.29, 0.717) is 0 Å². The zero-order valence-corrected chi connectivity index (χ0v) is 14.5. The molecule has 1 aliphatic heterocycles. The quantitative estimate of drug-likeness (QED) is 0.912. The first-order valence-electron chi connectivity index (χ1n) is 8.82. The lowest BCUT2D eigenvalue weighted by Crippen LogP contribution is -2.48. The fraction of sp³-hybridized carbons (Fsp3) is 0.722. The van der Waals surface area contributed by atoms with E-state index in [2.05, 4.69) is 22.3 Å². The Kier molecular flexibility index (Phi) is 5.53. The van der Waals surface area contributed by atoms with Crippen molar-refractivity contribution in [3.05, 3.63) is 21.9 Å². The minimum atomic E-state index is 0.0685. The lowest BCUT2D eigenvalue weighted by molar-refractivity contribution is -0.127. The molecule has 0 radical (unpaired) electrons. The molecule has 1 aromatic heterocycles. The van der Waals surface area contributed by atoms with Gasteiger partial charge in [-0.15, -0.1) is 11.3 Å². The number of hydrogen-bond acceptors (Lipinski definition) is 3. The second-order valence-electron chi connectivity index (χ2n) is 6.74. The number of hydrogen-bond donors (Lipinski definition) is 1. The van der Waals surface area contributed by atoms with Gasteiger partial charge in [-0.1, -0.05) is 25.7 Å². The Labute approximate surface area is 138 Å². The van der Waals surface area contributed by atoms with Crippen LogP contribution in [-0.4, -0.2) is 30.4 Å². The molecule has 1 saturated heterocycles. The zero-order valence-electron chi connectivity index (χ0n) is 13.6. The highest BCUT2D eigenvalue weighted by Crippen LogP contribution is 2.36. The summed E-state index contributed by atoms with van der Waals surface area (Å²) in [7, 11) is 1.75. The molecule has 0 aromatic carbocycles. The Balaban J connectivity index is 1.64. The van der Waals surface area contributed by atoms with Crippen LogP contribution >= 0.6 is 11.3 Å². The number of nitrogens with one attached hydrogen (secondary N) is 1. The molecule has 22 heavy (non-hydrogen) atoms. The summed E-state index contributed by atoms with van der Waals surface area (Å²) in [5.74, 6) is 0.979. The molecule has 3 rings (SSSR count). The normalized spacial score (nSPS) is 24.3. The Morgan fingerprint density at radius 1 is 1.18 bits per heavy atom. The van der Waals surface area contributed by atoms with Gasteiger partial charge in [0.2, 0.25) is 5.91 Å². The highest BCUT2D eigenvalue weighted by atomic mass is 32.1. The van der Waals surface area contributed by atoms with Gasteiger partial charge in [0.25, 0.3) is 0 Å². The SMILES string of the molecule is CNC(=O)C1CCCCN1Cc1ccc(C2CCCCC2)s1. The standard InChI is InChI=1S/C18H28N2OS/c1-19-18(21)16-9-5-6-12-20(16)13-15-10-11-17(22-15)14-7-3-2-4-8-14/h10-11,14,16H,2-9,12-13H2,1H3,(H,19,21). The molecule has 1 aromatic rings. The monoisotopic (exact) mass is 320 g/mol. The lowest BCUT2D eigenvalue weighted by atomic mass is 9.88. The van der Waals surface area contributed by atoms with Crippen molar-refractivity contribution in [1.29, 1.82) is 0 Å². The van der Waals surface area contributed by atoms with E-state index in [1.807, 2.05) is 11.3 Å². The Bertz CT molecular complexity index is 493. The predicted octanol–water partition coefficient (Wildman–Crippen LogP) is 3.90. The van der Waals surface area contributed by atoms with Crippen LogP contribution in [0.3, 0.4) is 0 Å². The lowest BCUT2D eigenvalue weighted by Gasteiger charge is -2.34. The van der Waals surface area contributed by atoms with E-state index in [-0.39, 0.29) is 11.9 Å². The summed E-state index contributed by atoms with van der Waals surface area (Å²) in [6, 6.07) is 4.71. The number of thiophene rings is 1. The average molecular weight is 321 g/mol. The third-order valence-electron chi connectivity index (χ3n) is 5.21. The molecule has 1 atom stereocenters. The van der Waals surface area contributed by atoms with Gasteiger partial charge in [0.1, 0.15) is 0 Å². The molecule has 122 valence electrons. The minimum Gasteiger partial charge on any atom is -0.358 e. The van der Waals surface area contributed by atoms with E-state index in [9.17, 15) is 4.79 Å². The maximum atomic E-state index is 12.1. The third-order valence-corrected chi connectivity index (χ3v) is 6.44. The van der Waals surface area contributed by atoms with Crippen molar-refractivity contribution in [1.82, 2.24) is 10.2 Å². The number of likely N-dealkylation sites (tertiary alicyclic amines) is 1. The summed E-state index contributed by atoms with van der Waals surface area (Å²) >= 11 is 1.98. The molecule has 2 aliphatic rings. The fourth-order valence-electron chi connectivity index (χ4n) is 3.93. The van der Waals surface area contributed by atoms with Gasteiger partial charge in [-0.25, -0.2) is 0 Å². The number of likely N-dealkylation sites (N-methyl/N-ethyl adjacent to an activating group) is 1. The van der Waals surface area contributed by atoms with Crippen LogP contribution in [0.1, 0.15) is 67.0 Å². The van der Waals surface area contributed by atoms with Crippen molar-refractivity contribution in [2.24, 2.45) is 0 Å². The number of rotatable bonds is 4. The maximum absolute atomic E-state index is 12.1. The van der Waals surface area contributed by atoms with E-state index in [1.165, 1.54) is 49.8 Å². The largest absolute Gasteiger partial charge is 0.358 e. The molecule has 3 nitrogen and oxygen atoms in total. The second kappa shape index (κ2) is 7.60. The van der Waals surface area contributed by atoms with Gasteiger partial charge in [-0.3, -0.25) is 9.69 Å². The van der Waals surface area contributed by atoms with Crippen molar-refractivity contribution in [3.8, 4) is 0 Å². The van der Waals surface area contributed by atoms with Crippen LogP contribution < -0.4 is 5.32 Å². The summed E-state index contributed by atoms with van der Waals surface area (Å²) < 4.78 is 0. The maximum Gasteiger partial charge on any atom is 0.237 e. The molecule has 4 heteroatoms. The Morgan fingerprint density at radius 2 is 1.95 bits per heavy atom. The number of piperidine rings is 1. The van der Waals surface area contributed by atoms with Gasteiger partial charge in [-0.2, -0.15) is 0 Å². The highest BCUT2D eigenvalue weighted by Gasteiger charge is 2.28. The van der Waals surface area contributed by atoms with E-state index in [0.717, 1.165) is 25.4 Å². The van der Waals surface area contributed by atoms with Crippen LogP contribution in [-0.2, 0) is 11.3 Å². The zero-order chi connectivity index (χ0) is 15.4. The topological polar surface area (TPSA) is 32.3 Å². The fourth-order valence-corrected chi connectivity index (χ4v) is 5.14. The van der Waals surface area contributed by atoms with E-state index >= 15 is 0 Å². The van der Waals surface area contributed by atoms with Crippen LogP contribution in [0.5, 0.6) is 0 Å². The van der Waals surface area contributed by atoms with Gasteiger partial charge < -0.3 is 5.32 Å². The minimum absolute atomic E-state index is 0.0685. The van der Waals surface area contributed by atoms with Crippen molar-refractivity contribution >= 4 is 17.2 Å². The first-order valence-corrected chi connectivity index (χ1v) is 9.64. The van der Waals surface area contributed by atoms with E-state index in [4.69, 9.17) is 0 Å². The van der Waals surface area contributed by atoms with Gasteiger partial charge in [0.15, 0.2) is 0 Å². The molecule has 1 amide bonds. The van der Waals surface area contributed by atoms with Crippen LogP contribution in [0.2, 0.25) is 0 Å². The predicted molar refractivity (Wildman–Crippen MR) is 92.3 cm³/mol. The summed E-state index contributed by atoms with van der Waals surface area (Å²) in [5, 5.41) is 2.83. The van der Waals surface area contributed by atoms with Crippen LogP contribution in [0.4, 0.5) is 0 Å². The number of carbonyl (C=O) groups is 1. The second-order valence-corrected chi connectivity index (χ2v) is 7.94. The molecule has 1 unspecified atom stereocenters. The van der Waals surface area contributed by atoms with Crippen molar-refractivity contribution in [2.45, 2.75) is 69.9 Å². The smallest absolute Gasteiger partial charge is 0.237 e.